The molecule has 27 heavy (non-hydrogen) atoms. The van der Waals surface area contributed by atoms with Crippen molar-refractivity contribution in [1.82, 2.24) is 19.6 Å². The first kappa shape index (κ1) is 17.9. The van der Waals surface area contributed by atoms with Gasteiger partial charge in [0.05, 0.1) is 0 Å². The molecule has 2 unspecified atom stereocenters. The van der Waals surface area contributed by atoms with Crippen molar-refractivity contribution in [2.75, 3.05) is 26.2 Å². The molecule has 0 spiro atoms. The zero-order valence-corrected chi connectivity index (χ0v) is 15.1. The summed E-state index contributed by atoms with van der Waals surface area (Å²) in [5, 5.41) is 13.1. The van der Waals surface area contributed by atoms with Gasteiger partial charge in [0.1, 0.15) is 5.82 Å². The highest BCUT2D eigenvalue weighted by Crippen LogP contribution is 2.32. The van der Waals surface area contributed by atoms with Gasteiger partial charge in [-0.15, -0.1) is 0 Å². The molecule has 1 N–H and O–H groups in total. The molecule has 1 aromatic carbocycles. The van der Waals surface area contributed by atoms with E-state index in [1.807, 2.05) is 0 Å². The molecule has 3 heterocycles. The topological polar surface area (TPSA) is 78.7 Å². The van der Waals surface area contributed by atoms with Gasteiger partial charge in [0.2, 0.25) is 0 Å². The van der Waals surface area contributed by atoms with Crippen LogP contribution in [0.4, 0.5) is 9.18 Å². The maximum atomic E-state index is 13.5. The Labute approximate surface area is 159 Å². The van der Waals surface area contributed by atoms with Crippen LogP contribution in [-0.4, -0.2) is 62.9 Å². The van der Waals surface area contributed by atoms with Gasteiger partial charge < -0.3 is 10.0 Å². The Morgan fingerprint density at radius 3 is 2.48 bits per heavy atom. The monoisotopic (exact) mass is 392 g/mol. The number of hydrogen-bond donors (Lipinski definition) is 1. The molecule has 0 bridgehead atoms. The Balaban J connectivity index is 1.36. The van der Waals surface area contributed by atoms with Gasteiger partial charge in [-0.25, -0.2) is 14.0 Å². The number of amides is 1. The van der Waals surface area contributed by atoms with Crippen molar-refractivity contribution < 1.29 is 19.1 Å². The van der Waals surface area contributed by atoms with Crippen LogP contribution in [0, 0.1) is 17.7 Å². The van der Waals surface area contributed by atoms with Gasteiger partial charge in [0, 0.05) is 43.9 Å². The van der Waals surface area contributed by atoms with Crippen molar-refractivity contribution in [2.24, 2.45) is 11.8 Å². The fourth-order valence-corrected chi connectivity index (χ4v) is 4.27. The number of likely N-dealkylation sites (tertiary alicyclic amines) is 2. The Bertz CT molecular complexity index is 868. The summed E-state index contributed by atoms with van der Waals surface area (Å²) in [6.45, 7) is 3.47. The van der Waals surface area contributed by atoms with Crippen LogP contribution < -0.4 is 0 Å². The van der Waals surface area contributed by atoms with E-state index >= 15 is 0 Å². The molecule has 9 heteroatoms. The largest absolute Gasteiger partial charge is 0.476 e. The fourth-order valence-electron chi connectivity index (χ4n) is 4.03. The van der Waals surface area contributed by atoms with E-state index in [9.17, 15) is 14.0 Å². The lowest BCUT2D eigenvalue weighted by Gasteiger charge is -2.21. The van der Waals surface area contributed by atoms with Crippen LogP contribution in [0.25, 0.3) is 0 Å². The van der Waals surface area contributed by atoms with E-state index in [2.05, 4.69) is 10.00 Å². The number of rotatable bonds is 3. The van der Waals surface area contributed by atoms with Gasteiger partial charge in [-0.3, -0.25) is 4.90 Å². The van der Waals surface area contributed by atoms with Crippen molar-refractivity contribution in [3.8, 4) is 0 Å². The minimum Gasteiger partial charge on any atom is -0.476 e. The first-order valence-electron chi connectivity index (χ1n) is 8.64. The highest BCUT2D eigenvalue weighted by atomic mass is 35.5. The summed E-state index contributed by atoms with van der Waals surface area (Å²) < 4.78 is 14.6. The number of hydrogen-bond acceptors (Lipinski definition) is 4. The zero-order chi connectivity index (χ0) is 19.1. The molecule has 7 nitrogen and oxygen atoms in total. The standard InChI is InChI=1S/C18H18ClFN4O3/c19-14-3-11(4-15(20)5-14)6-22-7-12-9-23(10-13(12)8-22)18(27)24-2-1-16(21-24)17(25)26/h1-5,12-13H,6-10H2,(H,25,26). The predicted molar refractivity (Wildman–Crippen MR) is 95.2 cm³/mol. The van der Waals surface area contributed by atoms with Crippen LogP contribution in [-0.2, 0) is 6.54 Å². The highest BCUT2D eigenvalue weighted by molar-refractivity contribution is 6.30. The van der Waals surface area contributed by atoms with Gasteiger partial charge >= 0.3 is 12.0 Å². The molecule has 2 aliphatic rings. The number of nitrogens with zero attached hydrogens (tertiary/aromatic N) is 4. The summed E-state index contributed by atoms with van der Waals surface area (Å²) >= 11 is 5.92. The van der Waals surface area contributed by atoms with Gasteiger partial charge in [-0.2, -0.15) is 9.78 Å². The molecule has 0 aliphatic carbocycles. The van der Waals surface area contributed by atoms with E-state index in [1.165, 1.54) is 24.4 Å². The van der Waals surface area contributed by atoms with E-state index in [1.54, 1.807) is 11.0 Å². The van der Waals surface area contributed by atoms with Crippen LogP contribution in [0.2, 0.25) is 5.02 Å². The van der Waals surface area contributed by atoms with Crippen molar-refractivity contribution in [1.29, 1.82) is 0 Å². The molecule has 2 aromatic rings. The highest BCUT2D eigenvalue weighted by Gasteiger charge is 2.42. The maximum absolute atomic E-state index is 13.5. The van der Waals surface area contributed by atoms with Crippen molar-refractivity contribution >= 4 is 23.6 Å². The molecule has 0 radical (unpaired) electrons. The number of fused-ring (bicyclic) bond motifs is 1. The fraction of sp³-hybridized carbons (Fsp3) is 0.389. The Hall–Kier alpha value is -2.45. The molecule has 1 amide bonds. The summed E-state index contributed by atoms with van der Waals surface area (Å²) in [5.41, 5.74) is 0.688. The van der Waals surface area contributed by atoms with Crippen LogP contribution >= 0.6 is 11.6 Å². The summed E-state index contributed by atoms with van der Waals surface area (Å²) in [5.74, 6) is -0.818. The van der Waals surface area contributed by atoms with Crippen LogP contribution in [0.15, 0.2) is 30.5 Å². The lowest BCUT2D eigenvalue weighted by molar-refractivity contribution is 0.0690. The number of aromatic nitrogens is 2. The molecule has 2 aliphatic heterocycles. The minimum atomic E-state index is -1.16. The predicted octanol–water partition coefficient (Wildman–Crippen LogP) is 2.41. The van der Waals surface area contributed by atoms with Crippen LogP contribution in [0.5, 0.6) is 0 Å². The third kappa shape index (κ3) is 3.68. The number of halogens is 2. The third-order valence-corrected chi connectivity index (χ3v) is 5.38. The van der Waals surface area contributed by atoms with Crippen molar-refractivity contribution in [3.63, 3.8) is 0 Å². The molecular weight excluding hydrogens is 375 g/mol. The number of carboxylic acid groups (broad SMARTS) is 1. The van der Waals surface area contributed by atoms with Crippen molar-refractivity contribution in [2.45, 2.75) is 6.54 Å². The zero-order valence-electron chi connectivity index (χ0n) is 14.4. The van der Waals surface area contributed by atoms with E-state index in [0.29, 0.717) is 36.5 Å². The van der Waals surface area contributed by atoms with Gasteiger partial charge in [-0.1, -0.05) is 11.6 Å². The minimum absolute atomic E-state index is 0.150. The van der Waals surface area contributed by atoms with E-state index in [0.717, 1.165) is 23.3 Å². The van der Waals surface area contributed by atoms with Gasteiger partial charge in [0.25, 0.3) is 0 Å². The number of carboxylic acids is 1. The second kappa shape index (κ2) is 6.94. The lowest BCUT2D eigenvalue weighted by Crippen LogP contribution is -2.36. The molecule has 142 valence electrons. The van der Waals surface area contributed by atoms with Gasteiger partial charge in [0.15, 0.2) is 5.69 Å². The number of aromatic carboxylic acids is 1. The molecule has 2 atom stereocenters. The first-order chi connectivity index (χ1) is 12.9. The SMILES string of the molecule is O=C(O)c1ccn(C(=O)N2CC3CN(Cc4cc(F)cc(Cl)c4)CC3C2)n1. The first-order valence-corrected chi connectivity index (χ1v) is 9.02. The second-order valence-corrected chi connectivity index (χ2v) is 7.57. The summed E-state index contributed by atoms with van der Waals surface area (Å²) in [7, 11) is 0. The molecule has 0 saturated carbocycles. The lowest BCUT2D eigenvalue weighted by atomic mass is 10.0. The third-order valence-electron chi connectivity index (χ3n) is 5.17. The van der Waals surface area contributed by atoms with E-state index in [4.69, 9.17) is 16.7 Å². The molecule has 4 rings (SSSR count). The number of carbonyl (C=O) groups is 2. The second-order valence-electron chi connectivity index (χ2n) is 7.13. The quantitative estimate of drug-likeness (QED) is 0.867. The average molecular weight is 393 g/mol. The van der Waals surface area contributed by atoms with Crippen LogP contribution in [0.1, 0.15) is 16.1 Å². The molecule has 2 saturated heterocycles. The Morgan fingerprint density at radius 1 is 1.19 bits per heavy atom. The molecule has 2 fully saturated rings. The summed E-state index contributed by atoms with van der Waals surface area (Å²) in [4.78, 5) is 27.4. The Kier molecular flexibility index (Phi) is 4.61. The smallest absolute Gasteiger partial charge is 0.356 e. The normalized spacial score (nSPS) is 22.2. The Morgan fingerprint density at radius 2 is 1.89 bits per heavy atom. The molecular formula is C18H18ClFN4O3. The van der Waals surface area contributed by atoms with Gasteiger partial charge in [-0.05, 0) is 41.7 Å². The summed E-state index contributed by atoms with van der Waals surface area (Å²) in [6, 6.07) is 5.56. The van der Waals surface area contributed by atoms with Crippen LogP contribution in [0.3, 0.4) is 0 Å². The van der Waals surface area contributed by atoms with E-state index < -0.39 is 5.97 Å². The van der Waals surface area contributed by atoms with E-state index in [-0.39, 0.29) is 17.5 Å². The van der Waals surface area contributed by atoms with Crippen molar-refractivity contribution in [3.05, 3.63) is 52.6 Å². The maximum Gasteiger partial charge on any atom is 0.356 e. The number of carbonyl (C=O) groups excluding carboxylic acids is 1. The average Bonchev–Trinajstić information content (AvgIpc) is 3.27. The number of benzene rings is 1. The summed E-state index contributed by atoms with van der Waals surface area (Å²) in [6.07, 6.45) is 1.37. The molecule has 1 aromatic heterocycles.